The van der Waals surface area contributed by atoms with Gasteiger partial charge in [0, 0.05) is 20.3 Å². The van der Waals surface area contributed by atoms with Gasteiger partial charge in [-0.25, -0.2) is 4.79 Å². The van der Waals surface area contributed by atoms with Gasteiger partial charge in [-0.1, -0.05) is 0 Å². The van der Waals surface area contributed by atoms with Crippen LogP contribution in [0.1, 0.15) is 15.9 Å². The van der Waals surface area contributed by atoms with Crippen LogP contribution >= 0.6 is 0 Å². The van der Waals surface area contributed by atoms with Gasteiger partial charge < -0.3 is 28.8 Å². The maximum absolute atomic E-state index is 12.2. The van der Waals surface area contributed by atoms with Crippen LogP contribution in [-0.2, 0) is 30.2 Å². The first kappa shape index (κ1) is 19.7. The molecule has 24 heavy (non-hydrogen) atoms. The molecule has 1 rings (SSSR count). The molecule has 0 fully saturated rings. The number of carbonyl (C=O) groups excluding carboxylic acids is 2. The Balaban J connectivity index is 2.95. The molecular formula is C16H22O8. The Morgan fingerprint density at radius 3 is 2.17 bits per heavy atom. The molecule has 1 aromatic rings. The number of phenols is 1. The number of methoxy groups -OCH3 is 3. The largest absolute Gasteiger partial charge is 0.507 e. The number of hydrogen-bond acceptors (Lipinski definition) is 8. The number of ether oxygens (including phenoxy) is 5. The van der Waals surface area contributed by atoms with Crippen molar-refractivity contribution in [2.75, 3.05) is 47.8 Å². The third-order valence-corrected chi connectivity index (χ3v) is 3.02. The van der Waals surface area contributed by atoms with Gasteiger partial charge in [0.05, 0.1) is 26.7 Å². The second-order valence-electron chi connectivity index (χ2n) is 4.70. The third kappa shape index (κ3) is 6.05. The van der Waals surface area contributed by atoms with Gasteiger partial charge in [-0.3, -0.25) is 4.79 Å². The SMILES string of the molecule is COCCOC(=O)Cc1cc(OC)cc(O)c1C(=O)OCCOC. The van der Waals surface area contributed by atoms with Crippen LogP contribution in [0.3, 0.4) is 0 Å². The van der Waals surface area contributed by atoms with Gasteiger partial charge in [-0.05, 0) is 11.6 Å². The monoisotopic (exact) mass is 342 g/mol. The highest BCUT2D eigenvalue weighted by atomic mass is 16.6. The Hall–Kier alpha value is -2.32. The normalized spacial score (nSPS) is 10.3. The maximum Gasteiger partial charge on any atom is 0.342 e. The molecule has 0 radical (unpaired) electrons. The Kier molecular flexibility index (Phi) is 8.59. The Labute approximate surface area is 140 Å². The second-order valence-corrected chi connectivity index (χ2v) is 4.70. The predicted molar refractivity (Wildman–Crippen MR) is 83.4 cm³/mol. The molecule has 0 aliphatic carbocycles. The Bertz CT molecular complexity index is 555. The van der Waals surface area contributed by atoms with Gasteiger partial charge in [-0.15, -0.1) is 0 Å². The molecule has 0 aliphatic heterocycles. The number of benzene rings is 1. The summed E-state index contributed by atoms with van der Waals surface area (Å²) in [6.07, 6.45) is -0.219. The molecule has 0 atom stereocenters. The quantitative estimate of drug-likeness (QED) is 0.495. The van der Waals surface area contributed by atoms with Crippen LogP contribution in [0.25, 0.3) is 0 Å². The zero-order valence-electron chi connectivity index (χ0n) is 14.0. The minimum Gasteiger partial charge on any atom is -0.507 e. The number of aromatic hydroxyl groups is 1. The van der Waals surface area contributed by atoms with Crippen LogP contribution in [0.2, 0.25) is 0 Å². The first-order valence-corrected chi connectivity index (χ1v) is 7.24. The fourth-order valence-corrected chi connectivity index (χ4v) is 1.89. The highest BCUT2D eigenvalue weighted by Crippen LogP contribution is 2.29. The molecule has 0 saturated carbocycles. The van der Waals surface area contributed by atoms with E-state index < -0.39 is 11.9 Å². The highest BCUT2D eigenvalue weighted by Gasteiger charge is 2.22. The van der Waals surface area contributed by atoms with Gasteiger partial charge in [0.25, 0.3) is 0 Å². The fraction of sp³-hybridized carbons (Fsp3) is 0.500. The van der Waals surface area contributed by atoms with Crippen LogP contribution in [-0.4, -0.2) is 64.8 Å². The minimum atomic E-state index is -0.758. The standard InChI is InChI=1S/C16H22O8/c1-20-4-6-23-14(18)9-11-8-12(22-3)10-13(17)15(11)16(19)24-7-5-21-2/h8,10,17H,4-7,9H2,1-3H3. The molecule has 0 unspecified atom stereocenters. The smallest absolute Gasteiger partial charge is 0.342 e. The molecule has 1 aromatic carbocycles. The Morgan fingerprint density at radius 1 is 0.958 bits per heavy atom. The lowest BCUT2D eigenvalue weighted by molar-refractivity contribution is -0.144. The molecular weight excluding hydrogens is 320 g/mol. The lowest BCUT2D eigenvalue weighted by atomic mass is 10.0. The molecule has 0 heterocycles. The topological polar surface area (TPSA) is 101 Å². The van der Waals surface area contributed by atoms with Crippen molar-refractivity contribution >= 4 is 11.9 Å². The van der Waals surface area contributed by atoms with Crippen LogP contribution in [0.5, 0.6) is 11.5 Å². The van der Waals surface area contributed by atoms with Crippen molar-refractivity contribution in [2.24, 2.45) is 0 Å². The van der Waals surface area contributed by atoms with E-state index in [0.29, 0.717) is 5.75 Å². The van der Waals surface area contributed by atoms with Crippen LogP contribution < -0.4 is 4.74 Å². The first-order valence-electron chi connectivity index (χ1n) is 7.24. The van der Waals surface area contributed by atoms with Gasteiger partial charge in [0.2, 0.25) is 0 Å². The summed E-state index contributed by atoms with van der Waals surface area (Å²) in [7, 11) is 4.37. The van der Waals surface area contributed by atoms with E-state index in [-0.39, 0.29) is 49.7 Å². The van der Waals surface area contributed by atoms with Crippen molar-refractivity contribution < 1.29 is 38.4 Å². The van der Waals surface area contributed by atoms with E-state index in [9.17, 15) is 14.7 Å². The molecule has 0 aromatic heterocycles. The molecule has 0 amide bonds. The molecule has 0 spiro atoms. The number of phenolic OH excluding ortho intramolecular Hbond substituents is 1. The molecule has 1 N–H and O–H groups in total. The molecule has 8 heteroatoms. The molecule has 134 valence electrons. The van der Waals surface area contributed by atoms with E-state index in [1.165, 1.54) is 33.5 Å². The van der Waals surface area contributed by atoms with Crippen LogP contribution in [0.4, 0.5) is 0 Å². The average Bonchev–Trinajstić information content (AvgIpc) is 2.54. The summed E-state index contributed by atoms with van der Waals surface area (Å²) < 4.78 is 24.6. The van der Waals surface area contributed by atoms with Crippen molar-refractivity contribution in [3.05, 3.63) is 23.3 Å². The van der Waals surface area contributed by atoms with Crippen LogP contribution in [0.15, 0.2) is 12.1 Å². The molecule has 0 bridgehead atoms. The summed E-state index contributed by atoms with van der Waals surface area (Å²) in [5, 5.41) is 10.1. The molecule has 0 saturated heterocycles. The second kappa shape index (κ2) is 10.5. The maximum atomic E-state index is 12.2. The number of carbonyl (C=O) groups is 2. The third-order valence-electron chi connectivity index (χ3n) is 3.02. The summed E-state index contributed by atoms with van der Waals surface area (Å²) >= 11 is 0. The summed E-state index contributed by atoms with van der Waals surface area (Å²) in [6, 6.07) is 2.75. The lowest BCUT2D eigenvalue weighted by Crippen LogP contribution is -2.16. The van der Waals surface area contributed by atoms with E-state index >= 15 is 0 Å². The first-order chi connectivity index (χ1) is 11.5. The van der Waals surface area contributed by atoms with Crippen molar-refractivity contribution in [3.8, 4) is 11.5 Å². The molecule has 8 nitrogen and oxygen atoms in total. The van der Waals surface area contributed by atoms with Gasteiger partial charge >= 0.3 is 11.9 Å². The van der Waals surface area contributed by atoms with Crippen molar-refractivity contribution in [3.63, 3.8) is 0 Å². The molecule has 0 aliphatic rings. The summed E-state index contributed by atoms with van der Waals surface area (Å²) in [6.45, 7) is 0.607. The van der Waals surface area contributed by atoms with Crippen molar-refractivity contribution in [1.82, 2.24) is 0 Å². The van der Waals surface area contributed by atoms with Gasteiger partial charge in [0.1, 0.15) is 30.3 Å². The zero-order chi connectivity index (χ0) is 17.9. The zero-order valence-corrected chi connectivity index (χ0v) is 14.0. The van der Waals surface area contributed by atoms with E-state index in [2.05, 4.69) is 0 Å². The van der Waals surface area contributed by atoms with Crippen LogP contribution in [0, 0.1) is 0 Å². The predicted octanol–water partition coefficient (Wildman–Crippen LogP) is 0.936. The van der Waals surface area contributed by atoms with E-state index in [4.69, 9.17) is 23.7 Å². The summed E-state index contributed by atoms with van der Waals surface area (Å²) in [5.41, 5.74) is 0.146. The number of esters is 2. The Morgan fingerprint density at radius 2 is 1.58 bits per heavy atom. The summed E-state index contributed by atoms with van der Waals surface area (Å²) in [4.78, 5) is 24.0. The lowest BCUT2D eigenvalue weighted by Gasteiger charge is -2.13. The van der Waals surface area contributed by atoms with Gasteiger partial charge in [0.15, 0.2) is 0 Å². The fourth-order valence-electron chi connectivity index (χ4n) is 1.89. The van der Waals surface area contributed by atoms with Crippen molar-refractivity contribution in [2.45, 2.75) is 6.42 Å². The number of rotatable bonds is 10. The van der Waals surface area contributed by atoms with E-state index in [0.717, 1.165) is 0 Å². The number of hydrogen-bond donors (Lipinski definition) is 1. The van der Waals surface area contributed by atoms with Crippen molar-refractivity contribution in [1.29, 1.82) is 0 Å². The highest BCUT2D eigenvalue weighted by molar-refractivity contribution is 5.95. The van der Waals surface area contributed by atoms with Gasteiger partial charge in [-0.2, -0.15) is 0 Å². The summed E-state index contributed by atoms with van der Waals surface area (Å²) in [5.74, 6) is -1.35. The minimum absolute atomic E-state index is 0.0263. The van der Waals surface area contributed by atoms with E-state index in [1.807, 2.05) is 0 Å². The average molecular weight is 342 g/mol. The van der Waals surface area contributed by atoms with E-state index in [1.54, 1.807) is 0 Å².